The van der Waals surface area contributed by atoms with Crippen LogP contribution in [0.2, 0.25) is 0 Å². The van der Waals surface area contributed by atoms with Gasteiger partial charge in [-0.25, -0.2) is 0 Å². The summed E-state index contributed by atoms with van der Waals surface area (Å²) in [5.74, 6) is 0.743. The van der Waals surface area contributed by atoms with Crippen LogP contribution in [0, 0.1) is 11.8 Å². The van der Waals surface area contributed by atoms with Gasteiger partial charge in [0.1, 0.15) is 0 Å². The van der Waals surface area contributed by atoms with Crippen LogP contribution in [-0.2, 0) is 9.53 Å². The minimum atomic E-state index is 0.0373. The first-order valence-corrected chi connectivity index (χ1v) is 4.69. The van der Waals surface area contributed by atoms with Crippen LogP contribution in [0.3, 0.4) is 0 Å². The van der Waals surface area contributed by atoms with E-state index >= 15 is 0 Å². The van der Waals surface area contributed by atoms with Crippen LogP contribution in [-0.4, -0.2) is 12.6 Å². The van der Waals surface area contributed by atoms with Crippen molar-refractivity contribution in [3.63, 3.8) is 0 Å². The molecule has 2 aliphatic rings. The van der Waals surface area contributed by atoms with Crippen molar-refractivity contribution in [2.45, 2.75) is 25.7 Å². The average molecular weight is 166 g/mol. The molecule has 0 amide bonds. The largest absolute Gasteiger partial charge is 0.465 e. The van der Waals surface area contributed by atoms with Gasteiger partial charge in [0.15, 0.2) is 0 Å². The molecule has 0 aromatic rings. The number of esters is 1. The van der Waals surface area contributed by atoms with Crippen molar-refractivity contribution in [1.29, 1.82) is 0 Å². The zero-order valence-corrected chi connectivity index (χ0v) is 7.16. The van der Waals surface area contributed by atoms with Crippen LogP contribution in [0.4, 0.5) is 0 Å². The first kappa shape index (κ1) is 7.84. The van der Waals surface area contributed by atoms with Gasteiger partial charge < -0.3 is 4.74 Å². The molecule has 0 spiro atoms. The highest BCUT2D eigenvalue weighted by atomic mass is 16.5. The second-order valence-corrected chi connectivity index (χ2v) is 3.62. The number of cyclic esters (lactones) is 1. The Morgan fingerprint density at radius 3 is 2.83 bits per heavy atom. The molecule has 1 saturated heterocycles. The molecule has 2 nitrogen and oxygen atoms in total. The minimum Gasteiger partial charge on any atom is -0.465 e. The SMILES string of the molecule is O=C1OC[C@@H]2CC/C=C\CC[C@H]12. The third kappa shape index (κ3) is 1.38. The highest BCUT2D eigenvalue weighted by Gasteiger charge is 2.35. The highest BCUT2D eigenvalue weighted by molar-refractivity contribution is 5.74. The van der Waals surface area contributed by atoms with Crippen LogP contribution >= 0.6 is 0 Å². The van der Waals surface area contributed by atoms with E-state index in [1.807, 2.05) is 0 Å². The number of hydrogen-bond donors (Lipinski definition) is 0. The predicted molar refractivity (Wildman–Crippen MR) is 45.5 cm³/mol. The van der Waals surface area contributed by atoms with Gasteiger partial charge in [0.2, 0.25) is 0 Å². The minimum absolute atomic E-state index is 0.0373. The quantitative estimate of drug-likeness (QED) is 0.406. The number of carbonyl (C=O) groups is 1. The van der Waals surface area contributed by atoms with Gasteiger partial charge in [-0.05, 0) is 25.7 Å². The van der Waals surface area contributed by atoms with Crippen molar-refractivity contribution in [2.24, 2.45) is 11.8 Å². The topological polar surface area (TPSA) is 26.3 Å². The molecule has 0 aromatic heterocycles. The van der Waals surface area contributed by atoms with Crippen molar-refractivity contribution in [1.82, 2.24) is 0 Å². The Labute approximate surface area is 72.6 Å². The van der Waals surface area contributed by atoms with Gasteiger partial charge in [-0.1, -0.05) is 12.2 Å². The van der Waals surface area contributed by atoms with Gasteiger partial charge in [0.25, 0.3) is 0 Å². The van der Waals surface area contributed by atoms with E-state index in [0.717, 1.165) is 25.7 Å². The summed E-state index contributed by atoms with van der Waals surface area (Å²) in [7, 11) is 0. The van der Waals surface area contributed by atoms with Gasteiger partial charge in [0, 0.05) is 5.92 Å². The molecule has 1 aliphatic carbocycles. The molecular formula is C10H14O2. The Balaban J connectivity index is 2.06. The Kier molecular flexibility index (Phi) is 2.15. The van der Waals surface area contributed by atoms with Crippen LogP contribution in [0.25, 0.3) is 0 Å². The lowest BCUT2D eigenvalue weighted by molar-refractivity contribution is -0.141. The summed E-state index contributed by atoms with van der Waals surface area (Å²) in [5, 5.41) is 0. The summed E-state index contributed by atoms with van der Waals surface area (Å²) in [6, 6.07) is 0. The van der Waals surface area contributed by atoms with E-state index in [2.05, 4.69) is 12.2 Å². The molecule has 1 aliphatic heterocycles. The van der Waals surface area contributed by atoms with E-state index in [1.165, 1.54) is 0 Å². The lowest BCUT2D eigenvalue weighted by atomic mass is 9.86. The Bertz CT molecular complexity index is 208. The second-order valence-electron chi connectivity index (χ2n) is 3.62. The molecule has 0 unspecified atom stereocenters. The predicted octanol–water partition coefficient (Wildman–Crippen LogP) is 1.91. The zero-order valence-electron chi connectivity index (χ0n) is 7.16. The molecule has 1 heterocycles. The second kappa shape index (κ2) is 3.30. The standard InChI is InChI=1S/C10H14O2/c11-10-9-6-4-2-1-3-5-8(9)7-12-10/h1-2,8-9H,3-7H2/b2-1-/t8-,9-/m0/s1. The lowest BCUT2D eigenvalue weighted by Crippen LogP contribution is -2.16. The number of hydrogen-bond acceptors (Lipinski definition) is 2. The molecule has 2 heteroatoms. The molecular weight excluding hydrogens is 152 g/mol. The van der Waals surface area contributed by atoms with Crippen molar-refractivity contribution in [3.05, 3.63) is 12.2 Å². The number of ether oxygens (including phenoxy) is 1. The van der Waals surface area contributed by atoms with Crippen LogP contribution in [0.15, 0.2) is 12.2 Å². The monoisotopic (exact) mass is 166 g/mol. The van der Waals surface area contributed by atoms with E-state index < -0.39 is 0 Å². The molecule has 0 radical (unpaired) electrons. The highest BCUT2D eigenvalue weighted by Crippen LogP contribution is 2.31. The van der Waals surface area contributed by atoms with Gasteiger partial charge in [-0.15, -0.1) is 0 Å². The van der Waals surface area contributed by atoms with Crippen molar-refractivity contribution >= 4 is 5.97 Å². The van der Waals surface area contributed by atoms with Crippen molar-refractivity contribution < 1.29 is 9.53 Å². The van der Waals surface area contributed by atoms with Crippen molar-refractivity contribution in [3.8, 4) is 0 Å². The van der Waals surface area contributed by atoms with Crippen molar-refractivity contribution in [2.75, 3.05) is 6.61 Å². The first-order valence-electron chi connectivity index (χ1n) is 4.69. The Hall–Kier alpha value is -0.790. The molecule has 0 N–H and O–H groups in total. The van der Waals surface area contributed by atoms with E-state index in [-0.39, 0.29) is 11.9 Å². The number of rotatable bonds is 0. The average Bonchev–Trinajstić information content (AvgIpc) is 2.31. The zero-order chi connectivity index (χ0) is 8.39. The molecule has 12 heavy (non-hydrogen) atoms. The summed E-state index contributed by atoms with van der Waals surface area (Å²) in [6.07, 6.45) is 8.65. The molecule has 2 atom stereocenters. The molecule has 0 saturated carbocycles. The van der Waals surface area contributed by atoms with Gasteiger partial charge >= 0.3 is 5.97 Å². The Morgan fingerprint density at radius 2 is 2.00 bits per heavy atom. The summed E-state index contributed by atoms with van der Waals surface area (Å²) in [4.78, 5) is 11.2. The van der Waals surface area contributed by atoms with Crippen LogP contribution in [0.5, 0.6) is 0 Å². The number of fused-ring (bicyclic) bond motifs is 1. The molecule has 0 bridgehead atoms. The fourth-order valence-corrected chi connectivity index (χ4v) is 2.06. The maximum Gasteiger partial charge on any atom is 0.309 e. The maximum atomic E-state index is 11.2. The van der Waals surface area contributed by atoms with E-state index in [0.29, 0.717) is 12.5 Å². The molecule has 66 valence electrons. The van der Waals surface area contributed by atoms with E-state index in [1.54, 1.807) is 0 Å². The van der Waals surface area contributed by atoms with Gasteiger partial charge in [-0.3, -0.25) is 4.79 Å². The smallest absolute Gasteiger partial charge is 0.309 e. The summed E-state index contributed by atoms with van der Waals surface area (Å²) in [5.41, 5.74) is 0. The van der Waals surface area contributed by atoms with Crippen LogP contribution < -0.4 is 0 Å². The van der Waals surface area contributed by atoms with E-state index in [4.69, 9.17) is 4.74 Å². The number of allylic oxidation sites excluding steroid dienone is 2. The third-order valence-corrected chi connectivity index (χ3v) is 2.83. The molecule has 0 aromatic carbocycles. The van der Waals surface area contributed by atoms with Gasteiger partial charge in [-0.2, -0.15) is 0 Å². The molecule has 2 rings (SSSR count). The van der Waals surface area contributed by atoms with Gasteiger partial charge in [0.05, 0.1) is 12.5 Å². The van der Waals surface area contributed by atoms with Crippen LogP contribution in [0.1, 0.15) is 25.7 Å². The fourth-order valence-electron chi connectivity index (χ4n) is 2.06. The third-order valence-electron chi connectivity index (χ3n) is 2.83. The number of carbonyl (C=O) groups excluding carboxylic acids is 1. The summed E-state index contributed by atoms with van der Waals surface area (Å²) >= 11 is 0. The summed E-state index contributed by atoms with van der Waals surface area (Å²) in [6.45, 7) is 0.664. The lowest BCUT2D eigenvalue weighted by Gasteiger charge is -2.14. The Morgan fingerprint density at radius 1 is 1.25 bits per heavy atom. The maximum absolute atomic E-state index is 11.2. The normalized spacial score (nSPS) is 37.8. The fraction of sp³-hybridized carbons (Fsp3) is 0.700. The molecule has 1 fully saturated rings. The summed E-state index contributed by atoms with van der Waals surface area (Å²) < 4.78 is 5.04. The van der Waals surface area contributed by atoms with E-state index in [9.17, 15) is 4.79 Å². The first-order chi connectivity index (χ1) is 5.88.